The van der Waals surface area contributed by atoms with Crippen LogP contribution in [0.25, 0.3) is 0 Å². The van der Waals surface area contributed by atoms with E-state index in [0.717, 1.165) is 0 Å². The van der Waals surface area contributed by atoms with Crippen molar-refractivity contribution in [2.75, 3.05) is 13.6 Å². The number of phenols is 2. The van der Waals surface area contributed by atoms with Crippen molar-refractivity contribution in [3.8, 4) is 11.5 Å². The molecule has 4 N–H and O–H groups in total. The van der Waals surface area contributed by atoms with Crippen molar-refractivity contribution in [1.29, 1.82) is 0 Å². The number of carbonyl (C=O) groups excluding carboxylic acids is 1. The maximum absolute atomic E-state index is 11.9. The van der Waals surface area contributed by atoms with E-state index in [1.54, 1.807) is 14.0 Å². The topological polar surface area (TPSA) is 86.8 Å². The molecule has 0 aromatic heterocycles. The van der Waals surface area contributed by atoms with Gasteiger partial charge in [0, 0.05) is 19.6 Å². The predicted octanol–water partition coefficient (Wildman–Crippen LogP) is 0.517. The number of amides is 1. The van der Waals surface area contributed by atoms with Crippen LogP contribution in [0.5, 0.6) is 11.5 Å². The number of hydrogen-bond acceptors (Lipinski definition) is 4. The molecule has 1 amide bonds. The molecule has 5 heteroatoms. The van der Waals surface area contributed by atoms with Crippen LogP contribution in [0.15, 0.2) is 18.2 Å². The molecule has 0 spiro atoms. The molecule has 0 fully saturated rings. The lowest BCUT2D eigenvalue weighted by molar-refractivity contribution is 0.0744. The number of aromatic hydroxyl groups is 2. The molecule has 0 aliphatic heterocycles. The van der Waals surface area contributed by atoms with Gasteiger partial charge < -0.3 is 20.8 Å². The normalized spacial score (nSPS) is 12.2. The van der Waals surface area contributed by atoms with Crippen molar-refractivity contribution >= 4 is 5.91 Å². The summed E-state index contributed by atoms with van der Waals surface area (Å²) in [5.74, 6) is -1.07. The summed E-state index contributed by atoms with van der Waals surface area (Å²) in [5.41, 5.74) is 5.52. The first-order valence-corrected chi connectivity index (χ1v) is 4.97. The van der Waals surface area contributed by atoms with Gasteiger partial charge >= 0.3 is 0 Å². The number of nitrogens with zero attached hydrogens (tertiary/aromatic N) is 1. The summed E-state index contributed by atoms with van der Waals surface area (Å²) in [4.78, 5) is 13.3. The molecule has 1 rings (SSSR count). The molecular formula is C11H16N2O3. The van der Waals surface area contributed by atoms with Gasteiger partial charge in [0.05, 0.1) is 5.56 Å². The SMILES string of the molecule is CC(CN)N(C)C(=O)c1cccc(O)c1O. The molecule has 0 saturated heterocycles. The smallest absolute Gasteiger partial charge is 0.257 e. The predicted molar refractivity (Wildman–Crippen MR) is 60.4 cm³/mol. The Morgan fingerprint density at radius 1 is 1.50 bits per heavy atom. The van der Waals surface area contributed by atoms with Crippen molar-refractivity contribution in [3.05, 3.63) is 23.8 Å². The first-order chi connectivity index (χ1) is 7.49. The number of rotatable bonds is 3. The molecule has 1 aromatic carbocycles. The number of phenolic OH excluding ortho intramolecular Hbond substituents is 2. The molecule has 0 heterocycles. The van der Waals surface area contributed by atoms with Crippen LogP contribution in [0, 0.1) is 0 Å². The second kappa shape index (κ2) is 4.85. The lowest BCUT2D eigenvalue weighted by Crippen LogP contribution is -2.39. The van der Waals surface area contributed by atoms with Crippen LogP contribution < -0.4 is 5.73 Å². The summed E-state index contributed by atoms with van der Waals surface area (Å²) >= 11 is 0. The molecular weight excluding hydrogens is 208 g/mol. The van der Waals surface area contributed by atoms with Crippen LogP contribution in [0.2, 0.25) is 0 Å². The fourth-order valence-electron chi connectivity index (χ4n) is 1.25. The molecule has 0 aliphatic rings. The standard InChI is InChI=1S/C11H16N2O3/c1-7(6-12)13(2)11(16)8-4-3-5-9(14)10(8)15/h3-5,7,14-15H,6,12H2,1-2H3. The molecule has 0 radical (unpaired) electrons. The maximum Gasteiger partial charge on any atom is 0.257 e. The Hall–Kier alpha value is -1.75. The van der Waals surface area contributed by atoms with Gasteiger partial charge in [-0.25, -0.2) is 0 Å². The third-order valence-corrected chi connectivity index (χ3v) is 2.57. The summed E-state index contributed by atoms with van der Waals surface area (Å²) in [6, 6.07) is 4.15. The van der Waals surface area contributed by atoms with Crippen LogP contribution >= 0.6 is 0 Å². The van der Waals surface area contributed by atoms with Crippen LogP contribution in [-0.2, 0) is 0 Å². The van der Waals surface area contributed by atoms with Gasteiger partial charge in [0.15, 0.2) is 11.5 Å². The first-order valence-electron chi connectivity index (χ1n) is 4.97. The number of carbonyl (C=O) groups is 1. The number of hydrogen-bond donors (Lipinski definition) is 3. The highest BCUT2D eigenvalue weighted by Crippen LogP contribution is 2.29. The van der Waals surface area contributed by atoms with Gasteiger partial charge in [-0.1, -0.05) is 6.07 Å². The summed E-state index contributed by atoms with van der Waals surface area (Å²) in [6.45, 7) is 2.14. The summed E-state index contributed by atoms with van der Waals surface area (Å²) < 4.78 is 0. The Balaban J connectivity index is 3.01. The number of likely N-dealkylation sites (N-methyl/N-ethyl adjacent to an activating group) is 1. The van der Waals surface area contributed by atoms with Gasteiger partial charge in [-0.15, -0.1) is 0 Å². The molecule has 1 unspecified atom stereocenters. The maximum atomic E-state index is 11.9. The van der Waals surface area contributed by atoms with E-state index in [1.165, 1.54) is 23.1 Å². The van der Waals surface area contributed by atoms with E-state index in [4.69, 9.17) is 5.73 Å². The fraction of sp³-hybridized carbons (Fsp3) is 0.364. The number of para-hydroxylation sites is 1. The van der Waals surface area contributed by atoms with Crippen LogP contribution in [0.1, 0.15) is 17.3 Å². The van der Waals surface area contributed by atoms with Gasteiger partial charge in [0.1, 0.15) is 0 Å². The fourth-order valence-corrected chi connectivity index (χ4v) is 1.25. The molecule has 88 valence electrons. The van der Waals surface area contributed by atoms with Crippen molar-refractivity contribution in [2.24, 2.45) is 5.73 Å². The minimum Gasteiger partial charge on any atom is -0.504 e. The number of nitrogens with two attached hydrogens (primary N) is 1. The summed E-state index contributed by atoms with van der Waals surface area (Å²) in [7, 11) is 1.60. The van der Waals surface area contributed by atoms with Crippen LogP contribution in [0.4, 0.5) is 0 Å². The Kier molecular flexibility index (Phi) is 3.73. The van der Waals surface area contributed by atoms with E-state index in [9.17, 15) is 15.0 Å². The molecule has 0 saturated carbocycles. The monoisotopic (exact) mass is 224 g/mol. The molecule has 1 atom stereocenters. The Labute approximate surface area is 94.1 Å². The lowest BCUT2D eigenvalue weighted by atomic mass is 10.1. The largest absolute Gasteiger partial charge is 0.504 e. The van der Waals surface area contributed by atoms with Crippen molar-refractivity contribution in [1.82, 2.24) is 4.90 Å². The van der Waals surface area contributed by atoms with E-state index in [2.05, 4.69) is 0 Å². The highest BCUT2D eigenvalue weighted by molar-refractivity contribution is 5.97. The molecule has 5 nitrogen and oxygen atoms in total. The third-order valence-electron chi connectivity index (χ3n) is 2.57. The minimum atomic E-state index is -0.399. The zero-order valence-electron chi connectivity index (χ0n) is 9.34. The zero-order chi connectivity index (χ0) is 12.3. The van der Waals surface area contributed by atoms with Gasteiger partial charge in [-0.3, -0.25) is 4.79 Å². The van der Waals surface area contributed by atoms with Gasteiger partial charge in [0.25, 0.3) is 5.91 Å². The second-order valence-electron chi connectivity index (χ2n) is 3.67. The van der Waals surface area contributed by atoms with Gasteiger partial charge in [0.2, 0.25) is 0 Å². The summed E-state index contributed by atoms with van der Waals surface area (Å²) in [6.07, 6.45) is 0. The van der Waals surface area contributed by atoms with Crippen molar-refractivity contribution in [2.45, 2.75) is 13.0 Å². The molecule has 16 heavy (non-hydrogen) atoms. The second-order valence-corrected chi connectivity index (χ2v) is 3.67. The minimum absolute atomic E-state index is 0.0720. The Bertz CT molecular complexity index is 393. The van der Waals surface area contributed by atoms with E-state index in [1.807, 2.05) is 0 Å². The van der Waals surface area contributed by atoms with Crippen LogP contribution in [-0.4, -0.2) is 40.7 Å². The van der Waals surface area contributed by atoms with Gasteiger partial charge in [-0.2, -0.15) is 0 Å². The van der Waals surface area contributed by atoms with Crippen molar-refractivity contribution in [3.63, 3.8) is 0 Å². The molecule has 0 aliphatic carbocycles. The quantitative estimate of drug-likeness (QED) is 0.653. The van der Waals surface area contributed by atoms with Gasteiger partial charge in [-0.05, 0) is 19.1 Å². The van der Waals surface area contributed by atoms with E-state index < -0.39 is 5.75 Å². The summed E-state index contributed by atoms with van der Waals surface area (Å²) in [5, 5.41) is 18.8. The average Bonchev–Trinajstić information content (AvgIpc) is 2.29. The molecule has 0 bridgehead atoms. The van der Waals surface area contributed by atoms with E-state index in [-0.39, 0.29) is 23.3 Å². The van der Waals surface area contributed by atoms with E-state index in [0.29, 0.717) is 6.54 Å². The molecule has 1 aromatic rings. The Morgan fingerprint density at radius 3 is 2.69 bits per heavy atom. The lowest BCUT2D eigenvalue weighted by Gasteiger charge is -2.24. The highest BCUT2D eigenvalue weighted by Gasteiger charge is 2.20. The van der Waals surface area contributed by atoms with Crippen LogP contribution in [0.3, 0.4) is 0 Å². The highest BCUT2D eigenvalue weighted by atomic mass is 16.3. The Morgan fingerprint density at radius 2 is 2.12 bits per heavy atom. The zero-order valence-corrected chi connectivity index (χ0v) is 9.34. The first kappa shape index (κ1) is 12.3. The third kappa shape index (κ3) is 2.25. The average molecular weight is 224 g/mol. The van der Waals surface area contributed by atoms with E-state index >= 15 is 0 Å². The number of benzene rings is 1. The van der Waals surface area contributed by atoms with Crippen molar-refractivity contribution < 1.29 is 15.0 Å².